The van der Waals surface area contributed by atoms with Crippen LogP contribution in [0.5, 0.6) is 0 Å². The monoisotopic (exact) mass is 485 g/mol. The van der Waals surface area contributed by atoms with Crippen LogP contribution in [0.2, 0.25) is 0 Å². The summed E-state index contributed by atoms with van der Waals surface area (Å²) >= 11 is 4.29. The zero-order chi connectivity index (χ0) is 20.7. The Morgan fingerprint density at radius 1 is 1.14 bits per heavy atom. The number of hydrogen-bond donors (Lipinski definition) is 0. The second kappa shape index (κ2) is 7.90. The lowest BCUT2D eigenvalue weighted by Gasteiger charge is -2.37. The van der Waals surface area contributed by atoms with Crippen LogP contribution < -0.4 is 4.90 Å². The molecule has 1 aliphatic heterocycles. The number of amides is 1. The van der Waals surface area contributed by atoms with Gasteiger partial charge in [-0.15, -0.1) is 15.3 Å². The maximum atomic E-state index is 12.9. The Balaban J connectivity index is 1.65. The van der Waals surface area contributed by atoms with Crippen molar-refractivity contribution in [2.45, 2.75) is 20.3 Å². The van der Waals surface area contributed by atoms with Crippen LogP contribution in [-0.2, 0) is 4.79 Å². The molecule has 0 saturated carbocycles. The number of hydrogen-bond acceptors (Lipinski definition) is 7. The largest absolute Gasteiger partial charge is 0.366 e. The van der Waals surface area contributed by atoms with E-state index in [4.69, 9.17) is 0 Å². The first-order valence-corrected chi connectivity index (χ1v) is 10.7. The molecule has 4 rings (SSSR count). The second-order valence-corrected chi connectivity index (χ2v) is 8.89. The van der Waals surface area contributed by atoms with Crippen molar-refractivity contribution in [1.82, 2.24) is 30.1 Å². The Kier molecular flexibility index (Phi) is 5.47. The minimum Gasteiger partial charge on any atom is -0.366 e. The molecule has 2 aromatic heterocycles. The quantitative estimate of drug-likeness (QED) is 0.564. The molecular weight excluding hydrogens is 468 g/mol. The van der Waals surface area contributed by atoms with E-state index < -0.39 is 6.43 Å². The summed E-state index contributed by atoms with van der Waals surface area (Å²) < 4.78 is 28.0. The van der Waals surface area contributed by atoms with Gasteiger partial charge in [0, 0.05) is 36.6 Å². The van der Waals surface area contributed by atoms with Crippen molar-refractivity contribution in [3.8, 4) is 5.13 Å². The van der Waals surface area contributed by atoms with Gasteiger partial charge in [0.25, 0.3) is 6.43 Å². The molecule has 0 atom stereocenters. The lowest BCUT2D eigenvalue weighted by Crippen LogP contribution is -2.50. The zero-order valence-corrected chi connectivity index (χ0v) is 18.1. The van der Waals surface area contributed by atoms with E-state index in [9.17, 15) is 13.6 Å². The molecular formula is C17H18BrF2N7OS. The third kappa shape index (κ3) is 3.82. The topological polar surface area (TPSA) is 80.0 Å². The van der Waals surface area contributed by atoms with Gasteiger partial charge in [-0.05, 0) is 12.1 Å². The van der Waals surface area contributed by atoms with Crippen LogP contribution in [0.4, 0.5) is 14.5 Å². The van der Waals surface area contributed by atoms with Crippen LogP contribution in [0.1, 0.15) is 25.3 Å². The maximum absolute atomic E-state index is 12.9. The average molecular weight is 486 g/mol. The van der Waals surface area contributed by atoms with Crippen molar-refractivity contribution in [1.29, 1.82) is 0 Å². The number of piperazine rings is 1. The summed E-state index contributed by atoms with van der Waals surface area (Å²) in [4.78, 5) is 16.3. The van der Waals surface area contributed by atoms with Gasteiger partial charge in [0.05, 0.1) is 5.69 Å². The van der Waals surface area contributed by atoms with E-state index in [2.05, 4.69) is 41.3 Å². The number of carbonyl (C=O) groups excluding carboxylic acids is 1. The summed E-state index contributed by atoms with van der Waals surface area (Å²) in [5.41, 5.74) is 2.16. The molecule has 154 valence electrons. The second-order valence-electron chi connectivity index (χ2n) is 6.98. The van der Waals surface area contributed by atoms with Gasteiger partial charge >= 0.3 is 0 Å². The molecule has 1 saturated heterocycles. The summed E-state index contributed by atoms with van der Waals surface area (Å²) in [6, 6.07) is 3.77. The Morgan fingerprint density at radius 3 is 2.48 bits per heavy atom. The number of nitrogens with zero attached hydrogens (tertiary/aromatic N) is 7. The molecule has 0 spiro atoms. The molecule has 1 fully saturated rings. The van der Waals surface area contributed by atoms with E-state index in [0.29, 0.717) is 37.2 Å². The van der Waals surface area contributed by atoms with Crippen molar-refractivity contribution < 1.29 is 13.6 Å². The molecule has 1 aromatic carbocycles. The van der Waals surface area contributed by atoms with Crippen molar-refractivity contribution in [3.63, 3.8) is 0 Å². The Labute approximate surface area is 177 Å². The molecule has 0 aliphatic carbocycles. The highest BCUT2D eigenvalue weighted by Gasteiger charge is 2.26. The zero-order valence-electron chi connectivity index (χ0n) is 15.7. The van der Waals surface area contributed by atoms with E-state index in [1.54, 1.807) is 0 Å². The Bertz CT molecular complexity index is 1050. The van der Waals surface area contributed by atoms with Crippen LogP contribution in [0, 0.1) is 5.92 Å². The molecule has 29 heavy (non-hydrogen) atoms. The highest BCUT2D eigenvalue weighted by molar-refractivity contribution is 9.10. The van der Waals surface area contributed by atoms with Gasteiger partial charge in [0.1, 0.15) is 11.0 Å². The fourth-order valence-electron chi connectivity index (χ4n) is 3.29. The predicted octanol–water partition coefficient (Wildman–Crippen LogP) is 3.28. The summed E-state index contributed by atoms with van der Waals surface area (Å²) in [6.45, 7) is 6.41. The molecule has 3 aromatic rings. The molecule has 12 heteroatoms. The molecule has 3 heterocycles. The van der Waals surface area contributed by atoms with Crippen LogP contribution in [0.3, 0.4) is 0 Å². The lowest BCUT2D eigenvalue weighted by molar-refractivity contribution is -0.134. The highest BCUT2D eigenvalue weighted by atomic mass is 79.9. The fourth-order valence-corrected chi connectivity index (χ4v) is 4.38. The van der Waals surface area contributed by atoms with Gasteiger partial charge in [0.2, 0.25) is 11.0 Å². The molecule has 0 unspecified atom stereocenters. The third-order valence-electron chi connectivity index (χ3n) is 4.72. The maximum Gasteiger partial charge on any atom is 0.291 e. The van der Waals surface area contributed by atoms with Gasteiger partial charge in [-0.1, -0.05) is 46.3 Å². The van der Waals surface area contributed by atoms with Gasteiger partial charge in [-0.2, -0.15) is 4.68 Å². The van der Waals surface area contributed by atoms with E-state index in [0.717, 1.165) is 21.5 Å². The number of aromatic nitrogens is 5. The summed E-state index contributed by atoms with van der Waals surface area (Å²) in [7, 11) is 0. The van der Waals surface area contributed by atoms with Crippen LogP contribution in [0.25, 0.3) is 16.2 Å². The molecule has 0 bridgehead atoms. The van der Waals surface area contributed by atoms with Crippen molar-refractivity contribution in [2.24, 2.45) is 5.92 Å². The van der Waals surface area contributed by atoms with Crippen LogP contribution >= 0.6 is 27.3 Å². The van der Waals surface area contributed by atoms with E-state index in [1.165, 1.54) is 4.68 Å². The number of carbonyl (C=O) groups is 1. The minimum atomic E-state index is -2.68. The summed E-state index contributed by atoms with van der Waals surface area (Å²) in [5, 5.41) is 15.6. The first-order valence-electron chi connectivity index (χ1n) is 9.05. The van der Waals surface area contributed by atoms with E-state index in [1.807, 2.05) is 30.9 Å². The van der Waals surface area contributed by atoms with Gasteiger partial charge in [-0.25, -0.2) is 8.78 Å². The number of anilines is 1. The highest BCUT2D eigenvalue weighted by Crippen LogP contribution is 2.33. The van der Waals surface area contributed by atoms with Crippen molar-refractivity contribution in [2.75, 3.05) is 31.1 Å². The van der Waals surface area contributed by atoms with Crippen molar-refractivity contribution >= 4 is 49.9 Å². The molecule has 0 radical (unpaired) electrons. The van der Waals surface area contributed by atoms with Gasteiger partial charge in [-0.3, -0.25) is 4.79 Å². The normalized spacial score (nSPS) is 15.1. The Hall–Kier alpha value is -2.21. The predicted molar refractivity (Wildman–Crippen MR) is 109 cm³/mol. The smallest absolute Gasteiger partial charge is 0.291 e. The average Bonchev–Trinajstić information content (AvgIpc) is 3.33. The van der Waals surface area contributed by atoms with Crippen LogP contribution in [0.15, 0.2) is 16.6 Å². The van der Waals surface area contributed by atoms with Crippen molar-refractivity contribution in [3.05, 3.63) is 21.6 Å². The summed E-state index contributed by atoms with van der Waals surface area (Å²) in [5.74, 6) is 0.130. The molecule has 8 nitrogen and oxygen atoms in total. The molecule has 0 N–H and O–H groups in total. The first-order chi connectivity index (χ1) is 13.8. The number of halogens is 3. The number of fused-ring (bicyclic) bond motifs is 1. The fraction of sp³-hybridized carbons (Fsp3) is 0.471. The number of alkyl halides is 2. The number of benzene rings is 1. The number of rotatable bonds is 4. The molecule has 1 amide bonds. The SMILES string of the molecule is CC(C)C(=O)N1CCN(c2cc(Br)cc3c2nnn3-c2nnc(C(F)F)s2)CC1. The van der Waals surface area contributed by atoms with E-state index in [-0.39, 0.29) is 22.0 Å². The third-order valence-corrected chi connectivity index (χ3v) is 6.08. The summed E-state index contributed by atoms with van der Waals surface area (Å²) in [6.07, 6.45) is -2.68. The standard InChI is InChI=1S/C17H18BrF2N7OS/c1-9(2)16(28)26-5-3-25(4-6-26)11-7-10(18)8-12-13(11)21-24-27(12)17-23-22-15(29-17)14(19)20/h7-9,14H,3-6H2,1-2H3. The van der Waals surface area contributed by atoms with Crippen LogP contribution in [-0.4, -0.2) is 62.2 Å². The lowest BCUT2D eigenvalue weighted by atomic mass is 10.1. The first kappa shape index (κ1) is 20.1. The van der Waals surface area contributed by atoms with Gasteiger partial charge < -0.3 is 9.80 Å². The molecule has 1 aliphatic rings. The van der Waals surface area contributed by atoms with E-state index >= 15 is 0 Å². The Morgan fingerprint density at radius 2 is 1.86 bits per heavy atom. The van der Waals surface area contributed by atoms with Gasteiger partial charge in [0.15, 0.2) is 5.01 Å². The minimum absolute atomic E-state index is 0.0240.